The zero-order valence-electron chi connectivity index (χ0n) is 19.8. The van der Waals surface area contributed by atoms with Gasteiger partial charge in [0.05, 0.1) is 32.6 Å². The van der Waals surface area contributed by atoms with Crippen LogP contribution >= 0.6 is 40.5 Å². The summed E-state index contributed by atoms with van der Waals surface area (Å²) in [6.45, 7) is 2.34. The number of oxime groups is 1. The van der Waals surface area contributed by atoms with Crippen molar-refractivity contribution in [3.63, 3.8) is 0 Å². The normalized spacial score (nSPS) is 20.6. The van der Waals surface area contributed by atoms with Crippen molar-refractivity contribution in [2.75, 3.05) is 26.9 Å². The lowest BCUT2D eigenvalue weighted by atomic mass is 10.0. The van der Waals surface area contributed by atoms with Crippen molar-refractivity contribution >= 4 is 52.1 Å². The molecule has 3 heterocycles. The van der Waals surface area contributed by atoms with Gasteiger partial charge in [-0.25, -0.2) is 14.4 Å². The molecule has 1 saturated heterocycles. The first-order chi connectivity index (χ1) is 16.0. The SMILES string of the molecule is COc1cc(CNC(=O)c2cc(C3=NO[C@H]([C@@H]4CO[C@@H](CO)CO4)C3)nc(C)n2)ccc1F.S.S.S. The van der Waals surface area contributed by atoms with Crippen molar-refractivity contribution in [1.29, 1.82) is 0 Å². The number of amides is 1. The summed E-state index contributed by atoms with van der Waals surface area (Å²) < 4.78 is 29.8. The number of rotatable bonds is 7. The number of carbonyl (C=O) groups is 1. The molecule has 1 aromatic heterocycles. The van der Waals surface area contributed by atoms with Crippen molar-refractivity contribution in [1.82, 2.24) is 15.3 Å². The maximum atomic E-state index is 13.6. The van der Waals surface area contributed by atoms with E-state index >= 15 is 0 Å². The molecule has 3 atom stereocenters. The van der Waals surface area contributed by atoms with Crippen molar-refractivity contribution in [3.8, 4) is 5.75 Å². The highest BCUT2D eigenvalue weighted by Gasteiger charge is 2.35. The Morgan fingerprint density at radius 1 is 1.17 bits per heavy atom. The minimum absolute atomic E-state index is 0. The summed E-state index contributed by atoms with van der Waals surface area (Å²) in [5.41, 5.74) is 1.93. The second-order valence-electron chi connectivity index (χ2n) is 7.73. The first-order valence-corrected chi connectivity index (χ1v) is 10.5. The van der Waals surface area contributed by atoms with E-state index in [1.165, 1.54) is 19.2 Å². The number of benzene rings is 1. The topological polar surface area (TPSA) is 124 Å². The van der Waals surface area contributed by atoms with Gasteiger partial charge >= 0.3 is 0 Å². The smallest absolute Gasteiger partial charge is 0.270 e. The molecule has 0 bridgehead atoms. The van der Waals surface area contributed by atoms with E-state index in [1.807, 2.05) is 0 Å². The summed E-state index contributed by atoms with van der Waals surface area (Å²) in [7, 11) is 1.38. The number of aliphatic hydroxyl groups excluding tert-OH is 1. The minimum atomic E-state index is -0.472. The number of carbonyl (C=O) groups excluding carboxylic acids is 1. The zero-order valence-corrected chi connectivity index (χ0v) is 22.8. The average Bonchev–Trinajstić information content (AvgIpc) is 3.33. The van der Waals surface area contributed by atoms with Crippen LogP contribution in [-0.4, -0.2) is 71.9 Å². The van der Waals surface area contributed by atoms with Crippen molar-refractivity contribution in [2.24, 2.45) is 5.16 Å². The molecule has 2 aliphatic rings. The van der Waals surface area contributed by atoms with E-state index < -0.39 is 11.7 Å². The molecular weight excluding hydrogens is 531 g/mol. The molecule has 4 rings (SSSR count). The van der Waals surface area contributed by atoms with Gasteiger partial charge in [0.1, 0.15) is 29.4 Å². The van der Waals surface area contributed by atoms with Crippen LogP contribution in [0.3, 0.4) is 0 Å². The molecule has 1 amide bonds. The summed E-state index contributed by atoms with van der Waals surface area (Å²) in [5.74, 6) is -0.356. The van der Waals surface area contributed by atoms with Crippen molar-refractivity contribution < 1.29 is 33.3 Å². The van der Waals surface area contributed by atoms with Crippen LogP contribution in [0.5, 0.6) is 5.75 Å². The van der Waals surface area contributed by atoms with E-state index in [4.69, 9.17) is 24.2 Å². The number of aliphatic hydroxyl groups is 1. The Labute approximate surface area is 229 Å². The molecule has 0 aliphatic carbocycles. The summed E-state index contributed by atoms with van der Waals surface area (Å²) in [4.78, 5) is 26.8. The Balaban J connectivity index is 0.00000216. The Hall–Kier alpha value is -2.10. The van der Waals surface area contributed by atoms with E-state index in [9.17, 15) is 9.18 Å². The molecule has 0 spiro atoms. The summed E-state index contributed by atoms with van der Waals surface area (Å²) in [6.07, 6.45) is -0.553. The lowest BCUT2D eigenvalue weighted by molar-refractivity contribution is -0.178. The Morgan fingerprint density at radius 2 is 1.94 bits per heavy atom. The Morgan fingerprint density at radius 3 is 2.61 bits per heavy atom. The predicted molar refractivity (Wildman–Crippen MR) is 145 cm³/mol. The lowest BCUT2D eigenvalue weighted by Crippen LogP contribution is -2.43. The van der Waals surface area contributed by atoms with Gasteiger partial charge in [0.15, 0.2) is 17.7 Å². The van der Waals surface area contributed by atoms with Crippen LogP contribution in [0.25, 0.3) is 0 Å². The number of hydrogen-bond donors (Lipinski definition) is 2. The molecule has 2 N–H and O–H groups in total. The van der Waals surface area contributed by atoms with Gasteiger partial charge in [-0.15, -0.1) is 0 Å². The van der Waals surface area contributed by atoms with Crippen LogP contribution in [0.2, 0.25) is 0 Å². The fraction of sp³-hybridized carbons (Fsp3) is 0.455. The number of aromatic nitrogens is 2. The highest BCUT2D eigenvalue weighted by Crippen LogP contribution is 2.23. The average molecular weight is 563 g/mol. The molecule has 0 unspecified atom stereocenters. The van der Waals surface area contributed by atoms with Crippen LogP contribution < -0.4 is 10.1 Å². The lowest BCUT2D eigenvalue weighted by Gasteiger charge is -2.30. The number of methoxy groups -OCH3 is 1. The molecule has 2 aromatic rings. The van der Waals surface area contributed by atoms with Gasteiger partial charge in [0.2, 0.25) is 0 Å². The molecule has 1 aromatic carbocycles. The molecule has 2 aliphatic heterocycles. The quantitative estimate of drug-likeness (QED) is 0.520. The fourth-order valence-corrected chi connectivity index (χ4v) is 3.54. The van der Waals surface area contributed by atoms with Gasteiger partial charge in [-0.2, -0.15) is 40.5 Å². The number of ether oxygens (including phenoxy) is 3. The van der Waals surface area contributed by atoms with Crippen LogP contribution in [0.1, 0.15) is 34.0 Å². The third-order valence-corrected chi connectivity index (χ3v) is 5.34. The van der Waals surface area contributed by atoms with Crippen molar-refractivity contribution in [3.05, 3.63) is 52.9 Å². The summed E-state index contributed by atoms with van der Waals surface area (Å²) >= 11 is 0. The Kier molecular flexibility index (Phi) is 12.9. The van der Waals surface area contributed by atoms with E-state index in [-0.39, 0.29) is 90.0 Å². The van der Waals surface area contributed by atoms with Gasteiger partial charge in [0.25, 0.3) is 5.91 Å². The highest BCUT2D eigenvalue weighted by molar-refractivity contribution is 7.59. The van der Waals surface area contributed by atoms with E-state index in [0.717, 1.165) is 0 Å². The second-order valence-corrected chi connectivity index (χ2v) is 7.73. The second kappa shape index (κ2) is 14.6. The third kappa shape index (κ3) is 7.70. The third-order valence-electron chi connectivity index (χ3n) is 5.34. The van der Waals surface area contributed by atoms with E-state index in [2.05, 4.69) is 20.4 Å². The first-order valence-electron chi connectivity index (χ1n) is 10.5. The van der Waals surface area contributed by atoms with Gasteiger partial charge in [0, 0.05) is 13.0 Å². The first kappa shape index (κ1) is 31.9. The summed E-state index contributed by atoms with van der Waals surface area (Å²) in [6, 6.07) is 5.93. The number of aryl methyl sites for hydroxylation is 1. The molecule has 200 valence electrons. The molecule has 36 heavy (non-hydrogen) atoms. The maximum absolute atomic E-state index is 13.6. The number of halogens is 1. The van der Waals surface area contributed by atoms with Crippen LogP contribution in [0.15, 0.2) is 29.4 Å². The molecule has 0 radical (unpaired) electrons. The summed E-state index contributed by atoms with van der Waals surface area (Å²) in [5, 5.41) is 16.0. The van der Waals surface area contributed by atoms with Crippen molar-refractivity contribution in [2.45, 2.75) is 38.2 Å². The molecule has 14 heteroatoms. The molecular formula is C22H31FN4O6S3. The fourth-order valence-electron chi connectivity index (χ4n) is 3.54. The number of hydrogen-bond acceptors (Lipinski definition) is 9. The standard InChI is InChI=1S/C22H25FN4O6.3H2S/c1-12-25-16(17-7-20(33-27-17)21-11-31-14(9-28)10-32-21)6-18(26-12)22(29)24-8-13-3-4-15(23)19(5-13)30-2;;;/h3-6,14,20-21,28H,7-11H2,1-2H3,(H,24,29);3*1H2/t14-,20-,21-;;;/m0.../s1. The van der Waals surface area contributed by atoms with Crippen LogP contribution in [-0.2, 0) is 20.9 Å². The zero-order chi connectivity index (χ0) is 23.4. The van der Waals surface area contributed by atoms with Gasteiger partial charge in [-0.1, -0.05) is 11.2 Å². The molecule has 10 nitrogen and oxygen atoms in total. The van der Waals surface area contributed by atoms with E-state index in [0.29, 0.717) is 35.8 Å². The van der Waals surface area contributed by atoms with Gasteiger partial charge in [-0.05, 0) is 30.7 Å². The minimum Gasteiger partial charge on any atom is -0.494 e. The monoisotopic (exact) mass is 562 g/mol. The van der Waals surface area contributed by atoms with Crippen LogP contribution in [0.4, 0.5) is 4.39 Å². The van der Waals surface area contributed by atoms with Crippen LogP contribution in [0, 0.1) is 12.7 Å². The predicted octanol–water partition coefficient (Wildman–Crippen LogP) is 1.47. The number of nitrogens with one attached hydrogen (secondary N) is 1. The number of nitrogens with zero attached hydrogens (tertiary/aromatic N) is 3. The Bertz CT molecular complexity index is 1060. The van der Waals surface area contributed by atoms with E-state index in [1.54, 1.807) is 19.1 Å². The molecule has 1 fully saturated rings. The highest BCUT2D eigenvalue weighted by atomic mass is 32.1. The molecule has 0 saturated carbocycles. The van der Waals surface area contributed by atoms with Gasteiger partial charge in [-0.3, -0.25) is 4.79 Å². The van der Waals surface area contributed by atoms with Gasteiger partial charge < -0.3 is 29.5 Å². The maximum Gasteiger partial charge on any atom is 0.270 e. The largest absolute Gasteiger partial charge is 0.494 e.